The summed E-state index contributed by atoms with van der Waals surface area (Å²) in [5.41, 5.74) is 6.25. The van der Waals surface area contributed by atoms with Gasteiger partial charge < -0.3 is 41.4 Å². The summed E-state index contributed by atoms with van der Waals surface area (Å²) in [6.07, 6.45) is 1.33. The predicted octanol–water partition coefficient (Wildman–Crippen LogP) is 0.780. The second-order valence-corrected chi connectivity index (χ2v) is 9.38. The topological polar surface area (TPSA) is 172 Å². The summed E-state index contributed by atoms with van der Waals surface area (Å²) in [5.74, 6) is -0.928. The number of nitrogens with two attached hydrogens (primary N) is 1. The number of carbonyl (C=O) groups is 3. The maximum atomic E-state index is 13.2. The van der Waals surface area contributed by atoms with E-state index in [9.17, 15) is 24.6 Å². The third-order valence-electron chi connectivity index (χ3n) is 6.00. The maximum absolute atomic E-state index is 13.2. The molecule has 0 spiro atoms. The molecule has 11 heteroatoms. The van der Waals surface area contributed by atoms with Crippen LogP contribution in [0, 0.1) is 5.92 Å². The molecule has 0 saturated heterocycles. The zero-order chi connectivity index (χ0) is 26.5. The number of amides is 3. The van der Waals surface area contributed by atoms with Crippen molar-refractivity contribution in [2.75, 3.05) is 26.4 Å². The molecule has 202 valence electrons. The molecule has 2 aliphatic rings. The summed E-state index contributed by atoms with van der Waals surface area (Å²) >= 11 is 0. The number of carbonyl (C=O) groups excluding carboxylic acids is 2. The number of ether oxygens (including phenoxy) is 2. The highest BCUT2D eigenvalue weighted by atomic mass is 16.5. The van der Waals surface area contributed by atoms with Gasteiger partial charge in [0.05, 0.1) is 32.0 Å². The highest BCUT2D eigenvalue weighted by molar-refractivity contribution is 5.89. The summed E-state index contributed by atoms with van der Waals surface area (Å²) in [6, 6.07) is 3.96. The molecule has 2 bridgehead atoms. The molecule has 1 unspecified atom stereocenters. The van der Waals surface area contributed by atoms with Gasteiger partial charge in [-0.2, -0.15) is 0 Å². The Labute approximate surface area is 212 Å². The number of benzene rings is 1. The van der Waals surface area contributed by atoms with Gasteiger partial charge in [0.15, 0.2) is 0 Å². The van der Waals surface area contributed by atoms with Crippen molar-refractivity contribution in [3.8, 4) is 5.75 Å². The average molecular weight is 509 g/mol. The number of carboxylic acids is 1. The van der Waals surface area contributed by atoms with Gasteiger partial charge >= 0.3 is 12.0 Å². The highest BCUT2D eigenvalue weighted by Gasteiger charge is 2.27. The fraction of sp³-hybridized carbons (Fsp3) is 0.640. The van der Waals surface area contributed by atoms with E-state index in [0.717, 1.165) is 5.56 Å². The molecule has 7 N–H and O–H groups in total. The van der Waals surface area contributed by atoms with Gasteiger partial charge in [-0.3, -0.25) is 4.79 Å². The first-order valence-electron chi connectivity index (χ1n) is 12.5. The molecule has 11 nitrogen and oxygen atoms in total. The van der Waals surface area contributed by atoms with Crippen LogP contribution in [-0.2, 0) is 20.7 Å². The number of hydrogen-bond acceptors (Lipinski definition) is 7. The molecule has 0 aliphatic carbocycles. The Bertz CT molecular complexity index is 834. The SMILES string of the molecule is CC(C)[C@H]1COCC(O)CCOc2ccc(cc2)C[C@@H](NC(=O)N[C@@H](CCCCN)C(=O)O)C(=O)N1. The molecule has 4 atom stereocenters. The second-order valence-electron chi connectivity index (χ2n) is 9.38. The molecule has 0 radical (unpaired) electrons. The van der Waals surface area contributed by atoms with Gasteiger partial charge in [0.1, 0.15) is 17.8 Å². The lowest BCUT2D eigenvalue weighted by Crippen LogP contribution is -2.56. The van der Waals surface area contributed by atoms with Crippen LogP contribution in [0.1, 0.15) is 45.1 Å². The fourth-order valence-electron chi connectivity index (χ4n) is 3.69. The lowest BCUT2D eigenvalue weighted by atomic mass is 10.0. The number of fused-ring (bicyclic) bond motifs is 13. The van der Waals surface area contributed by atoms with Gasteiger partial charge in [-0.25, -0.2) is 9.59 Å². The van der Waals surface area contributed by atoms with Crippen LogP contribution in [-0.4, -0.2) is 78.7 Å². The van der Waals surface area contributed by atoms with Gasteiger partial charge in [0.2, 0.25) is 5.91 Å². The van der Waals surface area contributed by atoms with Crippen LogP contribution < -0.4 is 26.4 Å². The van der Waals surface area contributed by atoms with Crippen molar-refractivity contribution in [3.63, 3.8) is 0 Å². The first-order chi connectivity index (χ1) is 17.2. The second kappa shape index (κ2) is 15.3. The predicted molar refractivity (Wildman–Crippen MR) is 134 cm³/mol. The van der Waals surface area contributed by atoms with Crippen molar-refractivity contribution in [1.29, 1.82) is 0 Å². The van der Waals surface area contributed by atoms with Gasteiger partial charge in [0.25, 0.3) is 0 Å². The molecule has 2 aliphatic heterocycles. The van der Waals surface area contributed by atoms with E-state index in [1.54, 1.807) is 24.3 Å². The summed E-state index contributed by atoms with van der Waals surface area (Å²) in [7, 11) is 0. The number of unbranched alkanes of at least 4 members (excludes halogenated alkanes) is 1. The summed E-state index contributed by atoms with van der Waals surface area (Å²) in [4.78, 5) is 37.5. The minimum absolute atomic E-state index is 0.0287. The normalized spacial score (nSPS) is 22.4. The maximum Gasteiger partial charge on any atom is 0.326 e. The number of aliphatic carboxylic acids is 1. The van der Waals surface area contributed by atoms with E-state index in [0.29, 0.717) is 38.2 Å². The molecule has 36 heavy (non-hydrogen) atoms. The Morgan fingerprint density at radius 3 is 2.56 bits per heavy atom. The molecule has 1 aromatic rings. The summed E-state index contributed by atoms with van der Waals surface area (Å²) in [5, 5.41) is 27.6. The molecule has 0 saturated carbocycles. The average Bonchev–Trinajstić information content (AvgIpc) is 2.82. The first kappa shape index (κ1) is 29.3. The van der Waals surface area contributed by atoms with Crippen LogP contribution in [0.4, 0.5) is 4.79 Å². The molecule has 2 heterocycles. The van der Waals surface area contributed by atoms with Crippen LogP contribution >= 0.6 is 0 Å². The molecular weight excluding hydrogens is 468 g/mol. The Balaban J connectivity index is 2.19. The standard InChI is InChI=1S/C25H40N4O7/c1-16(2)22-15-35-14-18(30)10-12-36-19-8-6-17(7-9-19)13-21(23(31)27-22)29-25(34)28-20(24(32)33)5-3-4-11-26/h6-9,16,18,20-22,30H,3-5,10-15,26H2,1-2H3,(H,27,31)(H,32,33)(H2,28,29,34)/t18?,20-,21+,22+/m0/s1. The van der Waals surface area contributed by atoms with E-state index in [1.165, 1.54) is 0 Å². The van der Waals surface area contributed by atoms with Crippen molar-refractivity contribution in [1.82, 2.24) is 16.0 Å². The van der Waals surface area contributed by atoms with Crippen LogP contribution in [0.15, 0.2) is 24.3 Å². The number of hydrogen-bond donors (Lipinski definition) is 6. The van der Waals surface area contributed by atoms with Crippen molar-refractivity contribution in [2.24, 2.45) is 11.7 Å². The van der Waals surface area contributed by atoms with Gasteiger partial charge in [0, 0.05) is 12.8 Å². The quantitative estimate of drug-likeness (QED) is 0.280. The van der Waals surface area contributed by atoms with E-state index < -0.39 is 36.1 Å². The minimum Gasteiger partial charge on any atom is -0.493 e. The number of carboxylic acid groups (broad SMARTS) is 1. The van der Waals surface area contributed by atoms with E-state index >= 15 is 0 Å². The molecule has 0 fully saturated rings. The van der Waals surface area contributed by atoms with Gasteiger partial charge in [-0.1, -0.05) is 26.0 Å². The highest BCUT2D eigenvalue weighted by Crippen LogP contribution is 2.15. The van der Waals surface area contributed by atoms with E-state index in [1.807, 2.05) is 13.8 Å². The minimum atomic E-state index is -1.15. The smallest absolute Gasteiger partial charge is 0.326 e. The van der Waals surface area contributed by atoms with Crippen LogP contribution in [0.2, 0.25) is 0 Å². The number of urea groups is 1. The number of aliphatic hydroxyl groups excluding tert-OH is 1. The lowest BCUT2D eigenvalue weighted by Gasteiger charge is -2.27. The fourth-order valence-corrected chi connectivity index (χ4v) is 3.69. The van der Waals surface area contributed by atoms with Crippen LogP contribution in [0.25, 0.3) is 0 Å². The van der Waals surface area contributed by atoms with Gasteiger partial charge in [-0.05, 0) is 49.4 Å². The lowest BCUT2D eigenvalue weighted by molar-refractivity contribution is -0.139. The van der Waals surface area contributed by atoms with E-state index in [-0.39, 0.29) is 38.0 Å². The number of nitrogens with one attached hydrogen (secondary N) is 3. The van der Waals surface area contributed by atoms with E-state index in [2.05, 4.69) is 16.0 Å². The number of rotatable bonds is 8. The first-order valence-corrected chi connectivity index (χ1v) is 12.5. The zero-order valence-corrected chi connectivity index (χ0v) is 21.1. The van der Waals surface area contributed by atoms with Crippen LogP contribution in [0.3, 0.4) is 0 Å². The third kappa shape index (κ3) is 10.4. The molecule has 3 amide bonds. The third-order valence-corrected chi connectivity index (χ3v) is 6.00. The zero-order valence-electron chi connectivity index (χ0n) is 21.1. The van der Waals surface area contributed by atoms with Crippen molar-refractivity contribution >= 4 is 17.9 Å². The van der Waals surface area contributed by atoms with Crippen molar-refractivity contribution in [3.05, 3.63) is 29.8 Å². The Kier molecular flexibility index (Phi) is 12.4. The monoisotopic (exact) mass is 508 g/mol. The van der Waals surface area contributed by atoms with Crippen molar-refractivity contribution in [2.45, 2.75) is 70.2 Å². The largest absolute Gasteiger partial charge is 0.493 e. The number of aliphatic hydroxyl groups is 1. The molecule has 3 rings (SSSR count). The summed E-state index contributed by atoms with van der Waals surface area (Å²) < 4.78 is 11.3. The summed E-state index contributed by atoms with van der Waals surface area (Å²) in [6.45, 7) is 4.93. The molecule has 0 aromatic heterocycles. The molecular formula is C25H40N4O7. The van der Waals surface area contributed by atoms with Gasteiger partial charge in [-0.15, -0.1) is 0 Å². The van der Waals surface area contributed by atoms with Crippen molar-refractivity contribution < 1.29 is 34.1 Å². The Hall–Kier alpha value is -2.89. The van der Waals surface area contributed by atoms with Crippen LogP contribution in [0.5, 0.6) is 5.75 Å². The Morgan fingerprint density at radius 2 is 1.92 bits per heavy atom. The Morgan fingerprint density at radius 1 is 1.19 bits per heavy atom. The molecule has 1 aromatic carbocycles. The van der Waals surface area contributed by atoms with E-state index in [4.69, 9.17) is 15.2 Å².